The van der Waals surface area contributed by atoms with Gasteiger partial charge in [-0.05, 0) is 30.0 Å². The lowest BCUT2D eigenvalue weighted by Gasteiger charge is -2.08. The summed E-state index contributed by atoms with van der Waals surface area (Å²) < 4.78 is 0. The Kier molecular flexibility index (Phi) is 4.49. The van der Waals surface area contributed by atoms with E-state index in [0.29, 0.717) is 0 Å². The second-order valence-electron chi connectivity index (χ2n) is 3.96. The molecule has 0 unspecified atom stereocenters. The predicted molar refractivity (Wildman–Crippen MR) is 62.7 cm³/mol. The third kappa shape index (κ3) is 3.35. The summed E-state index contributed by atoms with van der Waals surface area (Å²) in [4.78, 5) is 1.33. The number of hydrogen-bond acceptors (Lipinski definition) is 2. The minimum atomic E-state index is 0.135. The predicted octanol–water partition coefficient (Wildman–Crippen LogP) is 3.24. The number of benzene rings is 1. The zero-order valence-electron chi connectivity index (χ0n) is 9.08. The Balaban J connectivity index is 2.69. The van der Waals surface area contributed by atoms with Gasteiger partial charge >= 0.3 is 0 Å². The van der Waals surface area contributed by atoms with Gasteiger partial charge in [-0.3, -0.25) is 0 Å². The summed E-state index contributed by atoms with van der Waals surface area (Å²) in [5.41, 5.74) is 2.26. The van der Waals surface area contributed by atoms with Gasteiger partial charge in [0, 0.05) is 10.6 Å². The van der Waals surface area contributed by atoms with E-state index in [2.05, 4.69) is 32.9 Å². The largest absolute Gasteiger partial charge is 0.392 e. The van der Waals surface area contributed by atoms with Crippen LogP contribution in [-0.2, 0) is 6.61 Å². The molecule has 0 aliphatic heterocycles. The lowest BCUT2D eigenvalue weighted by Crippen LogP contribution is -1.92. The Bertz CT molecular complexity index is 294. The third-order valence-electron chi connectivity index (χ3n) is 1.99. The van der Waals surface area contributed by atoms with Crippen LogP contribution in [0.1, 0.15) is 25.0 Å². The molecule has 1 aromatic rings. The molecule has 0 aliphatic rings. The lowest BCUT2D eigenvalue weighted by molar-refractivity contribution is 0.281. The van der Waals surface area contributed by atoms with Crippen molar-refractivity contribution in [3.05, 3.63) is 29.3 Å². The van der Waals surface area contributed by atoms with Crippen LogP contribution in [-0.4, -0.2) is 10.9 Å². The van der Waals surface area contributed by atoms with Crippen LogP contribution in [0.4, 0.5) is 0 Å². The van der Waals surface area contributed by atoms with Gasteiger partial charge in [0.05, 0.1) is 6.61 Å². The van der Waals surface area contributed by atoms with Crippen molar-refractivity contribution in [1.82, 2.24) is 0 Å². The Labute approximate surface area is 90.5 Å². The quantitative estimate of drug-likeness (QED) is 0.770. The average Bonchev–Trinajstić information content (AvgIpc) is 2.15. The molecule has 0 radical (unpaired) electrons. The topological polar surface area (TPSA) is 20.2 Å². The van der Waals surface area contributed by atoms with Crippen molar-refractivity contribution in [3.8, 4) is 0 Å². The molecule has 1 rings (SSSR count). The second-order valence-corrected chi connectivity index (χ2v) is 5.02. The molecule has 0 saturated heterocycles. The molecule has 14 heavy (non-hydrogen) atoms. The summed E-state index contributed by atoms with van der Waals surface area (Å²) in [6.45, 7) is 6.69. The first kappa shape index (κ1) is 11.6. The minimum Gasteiger partial charge on any atom is -0.392 e. The summed E-state index contributed by atoms with van der Waals surface area (Å²) in [5.74, 6) is 1.87. The highest BCUT2D eigenvalue weighted by atomic mass is 32.2. The third-order valence-corrected chi connectivity index (χ3v) is 3.60. The first-order valence-electron chi connectivity index (χ1n) is 4.96. The molecule has 0 fully saturated rings. The maximum atomic E-state index is 8.96. The number of hydrogen-bond donors (Lipinski definition) is 1. The fourth-order valence-corrected chi connectivity index (χ4v) is 2.19. The number of aliphatic hydroxyl groups is 1. The number of thioether (sulfide) groups is 1. The highest BCUT2D eigenvalue weighted by Gasteiger charge is 2.01. The Morgan fingerprint density at radius 1 is 1.36 bits per heavy atom. The Morgan fingerprint density at radius 3 is 2.57 bits per heavy atom. The normalized spacial score (nSPS) is 10.9. The van der Waals surface area contributed by atoms with Crippen molar-refractivity contribution in [2.45, 2.75) is 32.3 Å². The number of aryl methyl sites for hydroxylation is 1. The molecule has 0 atom stereocenters. The van der Waals surface area contributed by atoms with E-state index >= 15 is 0 Å². The van der Waals surface area contributed by atoms with Gasteiger partial charge in [-0.15, -0.1) is 11.8 Å². The van der Waals surface area contributed by atoms with Crippen LogP contribution in [0.25, 0.3) is 0 Å². The Morgan fingerprint density at radius 2 is 2.07 bits per heavy atom. The maximum absolute atomic E-state index is 8.96. The molecule has 0 aromatic heterocycles. The molecule has 1 N–H and O–H groups in total. The summed E-state index contributed by atoms with van der Waals surface area (Å²) in [6.07, 6.45) is 0. The van der Waals surface area contributed by atoms with E-state index in [1.54, 1.807) is 0 Å². The van der Waals surface area contributed by atoms with Gasteiger partial charge in [0.1, 0.15) is 0 Å². The van der Waals surface area contributed by atoms with E-state index < -0.39 is 0 Å². The molecule has 0 bridgehead atoms. The summed E-state index contributed by atoms with van der Waals surface area (Å²) in [7, 11) is 0. The maximum Gasteiger partial charge on any atom is 0.0681 e. The highest BCUT2D eigenvalue weighted by Crippen LogP contribution is 2.25. The van der Waals surface area contributed by atoms with Crippen molar-refractivity contribution in [1.29, 1.82) is 0 Å². The number of rotatable bonds is 4. The molecule has 0 spiro atoms. The van der Waals surface area contributed by atoms with E-state index in [1.165, 1.54) is 10.5 Å². The minimum absolute atomic E-state index is 0.135. The summed E-state index contributed by atoms with van der Waals surface area (Å²) in [5, 5.41) is 8.96. The van der Waals surface area contributed by atoms with Gasteiger partial charge in [0.25, 0.3) is 0 Å². The SMILES string of the molecule is Cc1cc(CO)ccc1SCC(C)C. The highest BCUT2D eigenvalue weighted by molar-refractivity contribution is 7.99. The molecular formula is C12H18OS. The molecule has 2 heteroatoms. The molecule has 0 aliphatic carbocycles. The van der Waals surface area contributed by atoms with Crippen molar-refractivity contribution < 1.29 is 5.11 Å². The van der Waals surface area contributed by atoms with Crippen LogP contribution in [0.5, 0.6) is 0 Å². The molecule has 1 nitrogen and oxygen atoms in total. The second kappa shape index (κ2) is 5.42. The van der Waals surface area contributed by atoms with Gasteiger partial charge in [-0.25, -0.2) is 0 Å². The van der Waals surface area contributed by atoms with E-state index in [9.17, 15) is 0 Å². The van der Waals surface area contributed by atoms with Crippen LogP contribution in [0, 0.1) is 12.8 Å². The fraction of sp³-hybridized carbons (Fsp3) is 0.500. The van der Waals surface area contributed by atoms with Gasteiger partial charge in [-0.1, -0.05) is 26.0 Å². The molecule has 0 amide bonds. The summed E-state index contributed by atoms with van der Waals surface area (Å²) >= 11 is 1.89. The van der Waals surface area contributed by atoms with Crippen LogP contribution in [0.3, 0.4) is 0 Å². The zero-order valence-corrected chi connectivity index (χ0v) is 9.90. The average molecular weight is 210 g/mol. The van der Waals surface area contributed by atoms with Gasteiger partial charge < -0.3 is 5.11 Å². The smallest absolute Gasteiger partial charge is 0.0681 e. The van der Waals surface area contributed by atoms with E-state index in [1.807, 2.05) is 17.8 Å². The molecule has 0 heterocycles. The lowest BCUT2D eigenvalue weighted by atomic mass is 10.1. The van der Waals surface area contributed by atoms with E-state index in [4.69, 9.17) is 5.11 Å². The standard InChI is InChI=1S/C12H18OS/c1-9(2)8-14-12-5-4-11(7-13)6-10(12)3/h4-6,9,13H,7-8H2,1-3H3. The molecule has 1 aromatic carbocycles. The van der Waals surface area contributed by atoms with Crippen molar-refractivity contribution in [2.24, 2.45) is 5.92 Å². The molecular weight excluding hydrogens is 192 g/mol. The first-order valence-corrected chi connectivity index (χ1v) is 5.95. The summed E-state index contributed by atoms with van der Waals surface area (Å²) in [6, 6.07) is 6.16. The van der Waals surface area contributed by atoms with Crippen molar-refractivity contribution in [2.75, 3.05) is 5.75 Å². The van der Waals surface area contributed by atoms with Crippen LogP contribution in [0.15, 0.2) is 23.1 Å². The van der Waals surface area contributed by atoms with Crippen molar-refractivity contribution in [3.63, 3.8) is 0 Å². The fourth-order valence-electron chi connectivity index (χ4n) is 1.23. The van der Waals surface area contributed by atoms with Gasteiger partial charge in [0.15, 0.2) is 0 Å². The zero-order chi connectivity index (χ0) is 10.6. The van der Waals surface area contributed by atoms with Gasteiger partial charge in [-0.2, -0.15) is 0 Å². The molecule has 78 valence electrons. The van der Waals surface area contributed by atoms with Crippen LogP contribution < -0.4 is 0 Å². The van der Waals surface area contributed by atoms with Crippen LogP contribution in [0.2, 0.25) is 0 Å². The Hall–Kier alpha value is -0.470. The van der Waals surface area contributed by atoms with E-state index in [0.717, 1.165) is 17.2 Å². The number of aliphatic hydroxyl groups excluding tert-OH is 1. The molecule has 0 saturated carbocycles. The van der Waals surface area contributed by atoms with E-state index in [-0.39, 0.29) is 6.61 Å². The van der Waals surface area contributed by atoms with Crippen molar-refractivity contribution >= 4 is 11.8 Å². The monoisotopic (exact) mass is 210 g/mol. The van der Waals surface area contributed by atoms with Crippen LogP contribution >= 0.6 is 11.8 Å². The first-order chi connectivity index (χ1) is 6.63. The van der Waals surface area contributed by atoms with Gasteiger partial charge in [0.2, 0.25) is 0 Å².